The first kappa shape index (κ1) is 17.9. The molecule has 2 aromatic carbocycles. The Labute approximate surface area is 153 Å². The first-order valence-electron chi connectivity index (χ1n) is 8.66. The second-order valence-electron chi connectivity index (χ2n) is 6.72. The molecule has 1 heterocycles. The standard InChI is InChI=1S/C21H22N2O3/c1-14-8-10-17(11-9-14)23-12-15(2)22(13-20(23)25)21(26)19-7-5-4-6-18(19)16(3)24/h4-11,15H,12-13H2,1-3H3/t15-/m1/s1. The third-order valence-corrected chi connectivity index (χ3v) is 4.73. The van der Waals surface area contributed by atoms with Crippen LogP contribution in [-0.2, 0) is 4.79 Å². The summed E-state index contributed by atoms with van der Waals surface area (Å²) in [4.78, 5) is 40.7. The van der Waals surface area contributed by atoms with E-state index in [4.69, 9.17) is 0 Å². The minimum Gasteiger partial charge on any atom is -0.325 e. The summed E-state index contributed by atoms with van der Waals surface area (Å²) in [5.41, 5.74) is 2.70. The molecule has 0 bridgehead atoms. The molecule has 1 saturated heterocycles. The second-order valence-corrected chi connectivity index (χ2v) is 6.72. The maximum atomic E-state index is 13.0. The summed E-state index contributed by atoms with van der Waals surface area (Å²) in [6.45, 7) is 5.78. The number of benzene rings is 2. The van der Waals surface area contributed by atoms with Gasteiger partial charge in [-0.05, 0) is 39.0 Å². The fourth-order valence-electron chi connectivity index (χ4n) is 3.23. The monoisotopic (exact) mass is 350 g/mol. The molecule has 2 aromatic rings. The number of aryl methyl sites for hydroxylation is 1. The lowest BCUT2D eigenvalue weighted by Gasteiger charge is -2.39. The number of hydrogen-bond donors (Lipinski definition) is 0. The zero-order valence-corrected chi connectivity index (χ0v) is 15.2. The molecule has 1 fully saturated rings. The fraction of sp³-hybridized carbons (Fsp3) is 0.286. The largest absolute Gasteiger partial charge is 0.325 e. The Morgan fingerprint density at radius 3 is 2.23 bits per heavy atom. The summed E-state index contributed by atoms with van der Waals surface area (Å²) in [5, 5.41) is 0. The highest BCUT2D eigenvalue weighted by molar-refractivity contribution is 6.09. The molecule has 3 rings (SSSR count). The molecule has 0 aliphatic carbocycles. The van der Waals surface area contributed by atoms with Crippen LogP contribution in [0.25, 0.3) is 0 Å². The van der Waals surface area contributed by atoms with E-state index in [2.05, 4.69) is 0 Å². The highest BCUT2D eigenvalue weighted by atomic mass is 16.2. The Kier molecular flexibility index (Phi) is 4.89. The van der Waals surface area contributed by atoms with Gasteiger partial charge in [-0.15, -0.1) is 0 Å². The van der Waals surface area contributed by atoms with Gasteiger partial charge in [-0.25, -0.2) is 0 Å². The smallest absolute Gasteiger partial charge is 0.255 e. The number of hydrogen-bond acceptors (Lipinski definition) is 3. The van der Waals surface area contributed by atoms with Gasteiger partial charge in [0.1, 0.15) is 6.54 Å². The van der Waals surface area contributed by atoms with Crippen LogP contribution in [0.2, 0.25) is 0 Å². The maximum absolute atomic E-state index is 13.0. The molecule has 0 radical (unpaired) electrons. The molecule has 0 unspecified atom stereocenters. The zero-order chi connectivity index (χ0) is 18.8. The van der Waals surface area contributed by atoms with Gasteiger partial charge in [-0.3, -0.25) is 14.4 Å². The van der Waals surface area contributed by atoms with Gasteiger partial charge in [-0.2, -0.15) is 0 Å². The van der Waals surface area contributed by atoms with Crippen molar-refractivity contribution < 1.29 is 14.4 Å². The predicted octanol–water partition coefficient (Wildman–Crippen LogP) is 3.08. The van der Waals surface area contributed by atoms with Crippen LogP contribution in [-0.4, -0.2) is 41.6 Å². The molecule has 5 nitrogen and oxygen atoms in total. The van der Waals surface area contributed by atoms with Crippen LogP contribution in [0.15, 0.2) is 48.5 Å². The molecule has 5 heteroatoms. The Hall–Kier alpha value is -2.95. The van der Waals surface area contributed by atoms with Gasteiger partial charge in [0, 0.05) is 23.8 Å². The normalized spacial score (nSPS) is 17.3. The zero-order valence-electron chi connectivity index (χ0n) is 15.2. The SMILES string of the molecule is CC(=O)c1ccccc1C(=O)N1CC(=O)N(c2ccc(C)cc2)C[C@H]1C. The number of nitrogens with zero attached hydrogens (tertiary/aromatic N) is 2. The number of Topliss-reactive ketones (excluding diaryl/α,β-unsaturated/α-hetero) is 1. The van der Waals surface area contributed by atoms with Gasteiger partial charge in [0.15, 0.2) is 5.78 Å². The molecule has 26 heavy (non-hydrogen) atoms. The van der Waals surface area contributed by atoms with E-state index in [9.17, 15) is 14.4 Å². The van der Waals surface area contributed by atoms with Gasteiger partial charge >= 0.3 is 0 Å². The molecular formula is C21H22N2O3. The third-order valence-electron chi connectivity index (χ3n) is 4.73. The number of ketones is 1. The number of amides is 2. The quantitative estimate of drug-likeness (QED) is 0.800. The van der Waals surface area contributed by atoms with Gasteiger partial charge < -0.3 is 9.80 Å². The van der Waals surface area contributed by atoms with Crippen LogP contribution >= 0.6 is 0 Å². The number of rotatable bonds is 3. The van der Waals surface area contributed by atoms with Gasteiger partial charge in [0.25, 0.3) is 5.91 Å². The molecule has 1 aliphatic heterocycles. The van der Waals surface area contributed by atoms with Crippen LogP contribution in [0.1, 0.15) is 40.1 Å². The minimum absolute atomic E-state index is 0.000115. The van der Waals surface area contributed by atoms with E-state index in [-0.39, 0.29) is 30.2 Å². The Balaban J connectivity index is 1.84. The van der Waals surface area contributed by atoms with Crippen molar-refractivity contribution in [1.82, 2.24) is 4.90 Å². The molecule has 1 aliphatic rings. The number of carbonyl (C=O) groups excluding carboxylic acids is 3. The van der Waals surface area contributed by atoms with Crippen LogP contribution in [0.5, 0.6) is 0 Å². The van der Waals surface area contributed by atoms with Crippen LogP contribution < -0.4 is 4.90 Å². The van der Waals surface area contributed by atoms with E-state index in [1.807, 2.05) is 38.1 Å². The van der Waals surface area contributed by atoms with Crippen molar-refractivity contribution in [2.24, 2.45) is 0 Å². The Morgan fingerprint density at radius 2 is 1.62 bits per heavy atom. The lowest BCUT2D eigenvalue weighted by atomic mass is 10.0. The lowest BCUT2D eigenvalue weighted by Crippen LogP contribution is -2.57. The van der Waals surface area contributed by atoms with E-state index in [1.165, 1.54) is 6.92 Å². The number of anilines is 1. The second kappa shape index (κ2) is 7.12. The Bertz CT molecular complexity index is 858. The number of carbonyl (C=O) groups is 3. The molecule has 134 valence electrons. The summed E-state index contributed by atoms with van der Waals surface area (Å²) >= 11 is 0. The minimum atomic E-state index is -0.278. The topological polar surface area (TPSA) is 57.7 Å². The average Bonchev–Trinajstić information content (AvgIpc) is 2.63. The maximum Gasteiger partial charge on any atom is 0.255 e. The summed E-state index contributed by atoms with van der Waals surface area (Å²) in [5.74, 6) is -0.563. The molecule has 1 atom stereocenters. The number of piperazine rings is 1. The molecule has 0 saturated carbocycles. The van der Waals surface area contributed by atoms with Crippen molar-refractivity contribution in [3.8, 4) is 0 Å². The van der Waals surface area contributed by atoms with Gasteiger partial charge in [-0.1, -0.05) is 35.9 Å². The van der Waals surface area contributed by atoms with E-state index < -0.39 is 0 Å². The van der Waals surface area contributed by atoms with Crippen molar-refractivity contribution in [3.05, 3.63) is 65.2 Å². The van der Waals surface area contributed by atoms with Crippen LogP contribution in [0.4, 0.5) is 5.69 Å². The summed E-state index contributed by atoms with van der Waals surface area (Å²) in [7, 11) is 0. The van der Waals surface area contributed by atoms with Crippen LogP contribution in [0.3, 0.4) is 0 Å². The Morgan fingerprint density at radius 1 is 1.00 bits per heavy atom. The van der Waals surface area contributed by atoms with Gasteiger partial charge in [0.05, 0.1) is 5.56 Å². The highest BCUT2D eigenvalue weighted by Gasteiger charge is 2.34. The van der Waals surface area contributed by atoms with E-state index >= 15 is 0 Å². The van der Waals surface area contributed by atoms with Gasteiger partial charge in [0.2, 0.25) is 5.91 Å². The van der Waals surface area contributed by atoms with E-state index in [0.717, 1.165) is 11.3 Å². The third kappa shape index (κ3) is 3.38. The molecule has 2 amide bonds. The molecular weight excluding hydrogens is 328 g/mol. The van der Waals surface area contributed by atoms with Crippen molar-refractivity contribution in [2.45, 2.75) is 26.8 Å². The first-order valence-corrected chi connectivity index (χ1v) is 8.66. The molecule has 0 spiro atoms. The van der Waals surface area contributed by atoms with Crippen LogP contribution in [0, 0.1) is 6.92 Å². The lowest BCUT2D eigenvalue weighted by molar-refractivity contribution is -0.121. The summed E-state index contributed by atoms with van der Waals surface area (Å²) in [6, 6.07) is 14.4. The molecule has 0 aromatic heterocycles. The molecule has 0 N–H and O–H groups in total. The van der Waals surface area contributed by atoms with Crippen molar-refractivity contribution in [2.75, 3.05) is 18.0 Å². The first-order chi connectivity index (χ1) is 12.4. The fourth-order valence-corrected chi connectivity index (χ4v) is 3.23. The summed E-state index contributed by atoms with van der Waals surface area (Å²) in [6.07, 6.45) is 0. The van der Waals surface area contributed by atoms with Crippen molar-refractivity contribution in [3.63, 3.8) is 0 Å². The highest BCUT2D eigenvalue weighted by Crippen LogP contribution is 2.23. The van der Waals surface area contributed by atoms with Crippen molar-refractivity contribution >= 4 is 23.3 Å². The average molecular weight is 350 g/mol. The van der Waals surface area contributed by atoms with E-state index in [1.54, 1.807) is 34.1 Å². The predicted molar refractivity (Wildman–Crippen MR) is 100 cm³/mol. The summed E-state index contributed by atoms with van der Waals surface area (Å²) < 4.78 is 0. The van der Waals surface area contributed by atoms with Crippen molar-refractivity contribution in [1.29, 1.82) is 0 Å². The van der Waals surface area contributed by atoms with E-state index in [0.29, 0.717) is 17.7 Å².